The molecule has 1 aromatic rings. The zero-order valence-corrected chi connectivity index (χ0v) is 15.1. The fourth-order valence-corrected chi connectivity index (χ4v) is 2.20. The van der Waals surface area contributed by atoms with Crippen LogP contribution in [-0.4, -0.2) is 31.1 Å². The molecular weight excluding hydrogens is 304 g/mol. The van der Waals surface area contributed by atoms with Gasteiger partial charge in [-0.25, -0.2) is 0 Å². The summed E-state index contributed by atoms with van der Waals surface area (Å²) >= 11 is 0. The molecule has 6 heteroatoms. The van der Waals surface area contributed by atoms with E-state index < -0.39 is 0 Å². The number of hydrogen-bond donors (Lipinski definition) is 3. The van der Waals surface area contributed by atoms with E-state index in [0.717, 1.165) is 11.3 Å². The predicted molar refractivity (Wildman–Crippen MR) is 98.2 cm³/mol. The lowest BCUT2D eigenvalue weighted by Crippen LogP contribution is -2.36. The molecule has 1 unspecified atom stereocenters. The topological polar surface area (TPSA) is 88.7 Å². The van der Waals surface area contributed by atoms with Crippen LogP contribution in [0.3, 0.4) is 0 Å². The van der Waals surface area contributed by atoms with Crippen molar-refractivity contribution in [2.24, 2.45) is 10.7 Å². The van der Waals surface area contributed by atoms with Crippen molar-refractivity contribution in [3.63, 3.8) is 0 Å². The summed E-state index contributed by atoms with van der Waals surface area (Å²) in [5.74, 6) is 1.28. The summed E-state index contributed by atoms with van der Waals surface area (Å²) in [4.78, 5) is 16.2. The third kappa shape index (κ3) is 7.85. The first-order chi connectivity index (χ1) is 11.4. The van der Waals surface area contributed by atoms with Crippen molar-refractivity contribution in [3.8, 4) is 5.75 Å². The highest BCUT2D eigenvalue weighted by Crippen LogP contribution is 2.17. The molecule has 1 aromatic carbocycles. The molecule has 0 saturated carbocycles. The number of rotatable bonds is 9. The summed E-state index contributed by atoms with van der Waals surface area (Å²) < 4.78 is 5.42. The molecular formula is C18H30N4O2. The standard InChI is InChI=1S/C18H30N4O2/c1-5-24-16-10-8-15(9-11-16)14(4)22-17(23)7-6-12-20-18(19)21-13(2)3/h8-11,13-14H,5-7,12H2,1-4H3,(H,22,23)(H3,19,20,21). The fraction of sp³-hybridized carbons (Fsp3) is 0.556. The van der Waals surface area contributed by atoms with E-state index in [9.17, 15) is 4.79 Å². The van der Waals surface area contributed by atoms with Crippen molar-refractivity contribution >= 4 is 11.9 Å². The van der Waals surface area contributed by atoms with Crippen molar-refractivity contribution in [2.75, 3.05) is 13.2 Å². The van der Waals surface area contributed by atoms with Gasteiger partial charge in [-0.05, 0) is 51.8 Å². The summed E-state index contributed by atoms with van der Waals surface area (Å²) in [5.41, 5.74) is 6.76. The average Bonchev–Trinajstić information content (AvgIpc) is 2.52. The number of carbonyl (C=O) groups excluding carboxylic acids is 1. The van der Waals surface area contributed by atoms with Crippen molar-refractivity contribution in [1.29, 1.82) is 0 Å². The molecule has 0 aliphatic rings. The quantitative estimate of drug-likeness (QED) is 0.367. The van der Waals surface area contributed by atoms with Crippen LogP contribution in [0.25, 0.3) is 0 Å². The number of ether oxygens (including phenoxy) is 1. The van der Waals surface area contributed by atoms with E-state index in [1.807, 2.05) is 52.0 Å². The normalized spacial score (nSPS) is 12.8. The summed E-state index contributed by atoms with van der Waals surface area (Å²) in [6, 6.07) is 8.00. The van der Waals surface area contributed by atoms with E-state index in [2.05, 4.69) is 15.6 Å². The number of amides is 1. The number of aliphatic imine (C=N–C) groups is 1. The molecule has 24 heavy (non-hydrogen) atoms. The Bertz CT molecular complexity index is 526. The first-order valence-corrected chi connectivity index (χ1v) is 8.51. The maximum Gasteiger partial charge on any atom is 0.220 e. The van der Waals surface area contributed by atoms with Gasteiger partial charge in [-0.2, -0.15) is 0 Å². The number of guanidine groups is 1. The van der Waals surface area contributed by atoms with E-state index in [-0.39, 0.29) is 18.0 Å². The number of carbonyl (C=O) groups is 1. The Labute approximate surface area is 144 Å². The van der Waals surface area contributed by atoms with E-state index in [1.54, 1.807) is 0 Å². The van der Waals surface area contributed by atoms with Crippen LogP contribution in [0.4, 0.5) is 0 Å². The minimum Gasteiger partial charge on any atom is -0.494 e. The van der Waals surface area contributed by atoms with Gasteiger partial charge < -0.3 is 21.1 Å². The maximum atomic E-state index is 12.0. The van der Waals surface area contributed by atoms with Crippen LogP contribution in [0.5, 0.6) is 5.75 Å². The second-order valence-electron chi connectivity index (χ2n) is 5.96. The van der Waals surface area contributed by atoms with Crippen molar-refractivity contribution < 1.29 is 9.53 Å². The Morgan fingerprint density at radius 2 is 1.88 bits per heavy atom. The molecule has 1 amide bonds. The Morgan fingerprint density at radius 1 is 1.21 bits per heavy atom. The Balaban J connectivity index is 2.33. The Kier molecular flexibility index (Phi) is 8.68. The molecule has 1 rings (SSSR count). The third-order valence-electron chi connectivity index (χ3n) is 3.35. The Morgan fingerprint density at radius 3 is 2.46 bits per heavy atom. The fourth-order valence-electron chi connectivity index (χ4n) is 2.20. The smallest absolute Gasteiger partial charge is 0.220 e. The van der Waals surface area contributed by atoms with Crippen LogP contribution in [-0.2, 0) is 4.79 Å². The highest BCUT2D eigenvalue weighted by molar-refractivity contribution is 5.78. The molecule has 0 radical (unpaired) electrons. The molecule has 0 fully saturated rings. The summed E-state index contributed by atoms with van der Waals surface area (Å²) in [7, 11) is 0. The number of hydrogen-bond acceptors (Lipinski definition) is 3. The van der Waals surface area contributed by atoms with Crippen molar-refractivity contribution in [1.82, 2.24) is 10.6 Å². The van der Waals surface area contributed by atoms with Gasteiger partial charge in [-0.3, -0.25) is 9.79 Å². The molecule has 134 valence electrons. The lowest BCUT2D eigenvalue weighted by Gasteiger charge is -2.15. The van der Waals surface area contributed by atoms with E-state index in [1.165, 1.54) is 0 Å². The minimum absolute atomic E-state index is 0.0157. The molecule has 0 aromatic heterocycles. The summed E-state index contributed by atoms with van der Waals surface area (Å²) in [6.45, 7) is 9.10. The van der Waals surface area contributed by atoms with Gasteiger partial charge in [-0.15, -0.1) is 0 Å². The molecule has 1 atom stereocenters. The maximum absolute atomic E-state index is 12.0. The molecule has 0 aliphatic carbocycles. The van der Waals surface area contributed by atoms with Gasteiger partial charge in [0.25, 0.3) is 0 Å². The van der Waals surface area contributed by atoms with Crippen molar-refractivity contribution in [2.45, 2.75) is 52.6 Å². The van der Waals surface area contributed by atoms with Crippen LogP contribution < -0.4 is 21.1 Å². The summed E-state index contributed by atoms with van der Waals surface area (Å²) in [6.07, 6.45) is 1.10. The van der Waals surface area contributed by atoms with Gasteiger partial charge in [0.2, 0.25) is 5.91 Å². The zero-order valence-electron chi connectivity index (χ0n) is 15.1. The third-order valence-corrected chi connectivity index (χ3v) is 3.35. The van der Waals surface area contributed by atoms with Crippen molar-refractivity contribution in [3.05, 3.63) is 29.8 Å². The molecule has 0 saturated heterocycles. The first kappa shape index (κ1) is 19.8. The van der Waals surface area contributed by atoms with Gasteiger partial charge >= 0.3 is 0 Å². The number of benzene rings is 1. The van der Waals surface area contributed by atoms with Crippen LogP contribution in [0, 0.1) is 0 Å². The minimum atomic E-state index is -0.0376. The molecule has 0 spiro atoms. The summed E-state index contributed by atoms with van der Waals surface area (Å²) in [5, 5.41) is 6.01. The largest absolute Gasteiger partial charge is 0.494 e. The molecule has 6 nitrogen and oxygen atoms in total. The van der Waals surface area contributed by atoms with E-state index in [0.29, 0.717) is 32.0 Å². The second kappa shape index (κ2) is 10.5. The predicted octanol–water partition coefficient (Wildman–Crippen LogP) is 2.36. The van der Waals surface area contributed by atoms with Gasteiger partial charge in [0, 0.05) is 19.0 Å². The molecule has 0 bridgehead atoms. The van der Waals surface area contributed by atoms with Crippen LogP contribution in [0.15, 0.2) is 29.3 Å². The first-order valence-electron chi connectivity index (χ1n) is 8.51. The van der Waals surface area contributed by atoms with Gasteiger partial charge in [0.15, 0.2) is 5.96 Å². The SMILES string of the molecule is CCOc1ccc(C(C)NC(=O)CCCN=C(N)NC(C)C)cc1. The Hall–Kier alpha value is -2.24. The van der Waals surface area contributed by atoms with Crippen LogP contribution >= 0.6 is 0 Å². The van der Waals surface area contributed by atoms with E-state index in [4.69, 9.17) is 10.5 Å². The van der Waals surface area contributed by atoms with Crippen LogP contribution in [0.1, 0.15) is 52.1 Å². The number of nitrogens with zero attached hydrogens (tertiary/aromatic N) is 1. The second-order valence-corrected chi connectivity index (χ2v) is 5.96. The number of nitrogens with one attached hydrogen (secondary N) is 2. The van der Waals surface area contributed by atoms with Gasteiger partial charge in [0.05, 0.1) is 12.6 Å². The molecule has 0 heterocycles. The zero-order chi connectivity index (χ0) is 17.9. The highest BCUT2D eigenvalue weighted by atomic mass is 16.5. The van der Waals surface area contributed by atoms with Gasteiger partial charge in [0.1, 0.15) is 5.75 Å². The molecule has 4 N–H and O–H groups in total. The van der Waals surface area contributed by atoms with E-state index >= 15 is 0 Å². The van der Waals surface area contributed by atoms with Crippen LogP contribution in [0.2, 0.25) is 0 Å². The van der Waals surface area contributed by atoms with Gasteiger partial charge in [-0.1, -0.05) is 12.1 Å². The highest BCUT2D eigenvalue weighted by Gasteiger charge is 2.09. The molecule has 0 aliphatic heterocycles. The lowest BCUT2D eigenvalue weighted by molar-refractivity contribution is -0.121. The average molecular weight is 334 g/mol. The monoisotopic (exact) mass is 334 g/mol. The lowest BCUT2D eigenvalue weighted by atomic mass is 10.1. The number of nitrogens with two attached hydrogens (primary N) is 1.